The van der Waals surface area contributed by atoms with E-state index in [2.05, 4.69) is 5.32 Å². The topological polar surface area (TPSA) is 73.6 Å². The highest BCUT2D eigenvalue weighted by atomic mass is 16.5. The van der Waals surface area contributed by atoms with Crippen LogP contribution in [-0.2, 0) is 14.3 Å². The number of ether oxygens (including phenoxy) is 2. The van der Waals surface area contributed by atoms with Gasteiger partial charge in [-0.1, -0.05) is 29.8 Å². The predicted octanol–water partition coefficient (Wildman–Crippen LogP) is 0.772. The third kappa shape index (κ3) is 4.98. The molecule has 0 aliphatic heterocycles. The van der Waals surface area contributed by atoms with Gasteiger partial charge in [0.2, 0.25) is 5.91 Å². The monoisotopic (exact) mass is 266 g/mol. The van der Waals surface area contributed by atoms with Crippen LogP contribution in [0.15, 0.2) is 24.3 Å². The van der Waals surface area contributed by atoms with E-state index in [0.29, 0.717) is 13.2 Å². The summed E-state index contributed by atoms with van der Waals surface area (Å²) in [7, 11) is 3.17. The molecule has 0 bridgehead atoms. The molecule has 2 atom stereocenters. The predicted molar refractivity (Wildman–Crippen MR) is 73.8 cm³/mol. The van der Waals surface area contributed by atoms with E-state index in [1.165, 1.54) is 0 Å². The van der Waals surface area contributed by atoms with Gasteiger partial charge in [0.15, 0.2) is 0 Å². The van der Waals surface area contributed by atoms with Crippen molar-refractivity contribution in [2.24, 2.45) is 5.73 Å². The van der Waals surface area contributed by atoms with Gasteiger partial charge in [0.05, 0.1) is 12.7 Å². The van der Waals surface area contributed by atoms with Gasteiger partial charge in [-0.2, -0.15) is 0 Å². The molecule has 19 heavy (non-hydrogen) atoms. The highest BCUT2D eigenvalue weighted by Crippen LogP contribution is 2.11. The van der Waals surface area contributed by atoms with E-state index in [9.17, 15) is 4.79 Å². The Kier molecular flexibility index (Phi) is 6.49. The smallest absolute Gasteiger partial charge is 0.241 e. The average molecular weight is 266 g/mol. The van der Waals surface area contributed by atoms with Crippen LogP contribution in [0.1, 0.15) is 17.2 Å². The number of carbonyl (C=O) groups is 1. The summed E-state index contributed by atoms with van der Waals surface area (Å²) in [4.78, 5) is 11.9. The first kappa shape index (κ1) is 15.6. The fourth-order valence-electron chi connectivity index (χ4n) is 1.65. The van der Waals surface area contributed by atoms with Crippen molar-refractivity contribution < 1.29 is 14.3 Å². The summed E-state index contributed by atoms with van der Waals surface area (Å²) in [6.07, 6.45) is -0.167. The highest BCUT2D eigenvalue weighted by Gasteiger charge is 2.17. The normalized spacial score (nSPS) is 13.9. The summed E-state index contributed by atoms with van der Waals surface area (Å²) in [6.45, 7) is 2.79. The standard InChI is InChI=1S/C14H22N2O3/c1-10-4-6-11(7-5-10)13(15)14(17)16-8-12(19-3)9-18-2/h4-7,12-13H,8-9,15H2,1-3H3,(H,16,17). The Bertz CT molecular complexity index is 392. The molecule has 106 valence electrons. The van der Waals surface area contributed by atoms with Gasteiger partial charge in [0, 0.05) is 20.8 Å². The van der Waals surface area contributed by atoms with Gasteiger partial charge < -0.3 is 20.5 Å². The lowest BCUT2D eigenvalue weighted by molar-refractivity contribution is -0.123. The molecule has 5 heteroatoms. The fraction of sp³-hybridized carbons (Fsp3) is 0.500. The maximum atomic E-state index is 11.9. The van der Waals surface area contributed by atoms with Gasteiger partial charge in [0.25, 0.3) is 0 Å². The maximum Gasteiger partial charge on any atom is 0.241 e. The largest absolute Gasteiger partial charge is 0.382 e. The zero-order valence-electron chi connectivity index (χ0n) is 11.7. The lowest BCUT2D eigenvalue weighted by Gasteiger charge is -2.17. The zero-order valence-corrected chi connectivity index (χ0v) is 11.7. The van der Waals surface area contributed by atoms with Crippen molar-refractivity contribution in [2.45, 2.75) is 19.1 Å². The molecular formula is C14H22N2O3. The average Bonchev–Trinajstić information content (AvgIpc) is 2.43. The molecule has 5 nitrogen and oxygen atoms in total. The molecule has 0 heterocycles. The van der Waals surface area contributed by atoms with Gasteiger partial charge in [-0.3, -0.25) is 4.79 Å². The number of amides is 1. The van der Waals surface area contributed by atoms with Gasteiger partial charge in [-0.25, -0.2) is 0 Å². The lowest BCUT2D eigenvalue weighted by Crippen LogP contribution is -2.40. The molecule has 3 N–H and O–H groups in total. The third-order valence-electron chi connectivity index (χ3n) is 2.91. The van der Waals surface area contributed by atoms with Crippen LogP contribution in [-0.4, -0.2) is 39.4 Å². The van der Waals surface area contributed by atoms with Crippen molar-refractivity contribution in [1.29, 1.82) is 0 Å². The van der Waals surface area contributed by atoms with Crippen LogP contribution in [0.4, 0.5) is 0 Å². The molecule has 0 fully saturated rings. The first-order valence-corrected chi connectivity index (χ1v) is 6.20. The number of aryl methyl sites for hydroxylation is 1. The molecule has 1 rings (SSSR count). The molecule has 1 amide bonds. The number of nitrogens with one attached hydrogen (secondary N) is 1. The van der Waals surface area contributed by atoms with Crippen LogP contribution in [0.2, 0.25) is 0 Å². The summed E-state index contributed by atoms with van der Waals surface area (Å²) >= 11 is 0. The van der Waals surface area contributed by atoms with E-state index in [4.69, 9.17) is 15.2 Å². The molecule has 0 aliphatic rings. The molecule has 0 radical (unpaired) electrons. The van der Waals surface area contributed by atoms with Crippen molar-refractivity contribution in [2.75, 3.05) is 27.4 Å². The van der Waals surface area contributed by atoms with E-state index < -0.39 is 6.04 Å². The van der Waals surface area contributed by atoms with Crippen molar-refractivity contribution in [3.05, 3.63) is 35.4 Å². The second kappa shape index (κ2) is 7.89. The molecular weight excluding hydrogens is 244 g/mol. The Hall–Kier alpha value is -1.43. The minimum atomic E-state index is -0.666. The molecule has 1 aromatic carbocycles. The van der Waals surface area contributed by atoms with E-state index in [1.807, 2.05) is 31.2 Å². The van der Waals surface area contributed by atoms with Crippen molar-refractivity contribution >= 4 is 5.91 Å². The van der Waals surface area contributed by atoms with Crippen LogP contribution in [0.5, 0.6) is 0 Å². The second-order valence-electron chi connectivity index (χ2n) is 4.45. The van der Waals surface area contributed by atoms with Crippen LogP contribution in [0.3, 0.4) is 0 Å². The van der Waals surface area contributed by atoms with E-state index >= 15 is 0 Å². The van der Waals surface area contributed by atoms with Crippen LogP contribution in [0.25, 0.3) is 0 Å². The Balaban J connectivity index is 2.50. The number of hydrogen-bond donors (Lipinski definition) is 2. The number of nitrogens with two attached hydrogens (primary N) is 1. The number of carbonyl (C=O) groups excluding carboxylic acids is 1. The minimum absolute atomic E-state index is 0.167. The van der Waals surface area contributed by atoms with Crippen molar-refractivity contribution in [3.63, 3.8) is 0 Å². The fourth-order valence-corrected chi connectivity index (χ4v) is 1.65. The summed E-state index contributed by atoms with van der Waals surface area (Å²) in [5.74, 6) is -0.220. The summed E-state index contributed by atoms with van der Waals surface area (Å²) in [5, 5.41) is 2.76. The number of rotatable bonds is 7. The zero-order chi connectivity index (χ0) is 14.3. The Morgan fingerprint density at radius 3 is 2.47 bits per heavy atom. The Labute approximate surface area is 114 Å². The first-order valence-electron chi connectivity index (χ1n) is 6.20. The SMILES string of the molecule is COCC(CNC(=O)C(N)c1ccc(C)cc1)OC. The number of methoxy groups -OCH3 is 2. The number of benzene rings is 1. The summed E-state index contributed by atoms with van der Waals surface area (Å²) in [6, 6.07) is 6.93. The van der Waals surface area contributed by atoms with Crippen molar-refractivity contribution in [1.82, 2.24) is 5.32 Å². The molecule has 0 saturated heterocycles. The molecule has 0 saturated carbocycles. The molecule has 0 aromatic heterocycles. The second-order valence-corrected chi connectivity index (χ2v) is 4.45. The van der Waals surface area contributed by atoms with Gasteiger partial charge >= 0.3 is 0 Å². The van der Waals surface area contributed by atoms with E-state index in [0.717, 1.165) is 11.1 Å². The van der Waals surface area contributed by atoms with Crippen molar-refractivity contribution in [3.8, 4) is 0 Å². The van der Waals surface area contributed by atoms with Gasteiger partial charge in [0.1, 0.15) is 6.04 Å². The Morgan fingerprint density at radius 2 is 1.95 bits per heavy atom. The highest BCUT2D eigenvalue weighted by molar-refractivity contribution is 5.82. The first-order chi connectivity index (χ1) is 9.08. The van der Waals surface area contributed by atoms with E-state index in [1.54, 1.807) is 14.2 Å². The van der Waals surface area contributed by atoms with E-state index in [-0.39, 0.29) is 12.0 Å². The molecule has 0 aliphatic carbocycles. The third-order valence-corrected chi connectivity index (χ3v) is 2.91. The maximum absolute atomic E-state index is 11.9. The molecule has 2 unspecified atom stereocenters. The quantitative estimate of drug-likeness (QED) is 0.764. The lowest BCUT2D eigenvalue weighted by atomic mass is 10.1. The van der Waals surface area contributed by atoms with Gasteiger partial charge in [-0.15, -0.1) is 0 Å². The summed E-state index contributed by atoms with van der Waals surface area (Å²) < 4.78 is 10.1. The molecule has 0 spiro atoms. The molecule has 1 aromatic rings. The Morgan fingerprint density at radius 1 is 1.32 bits per heavy atom. The van der Waals surface area contributed by atoms with Crippen LogP contribution >= 0.6 is 0 Å². The summed E-state index contributed by atoms with van der Waals surface area (Å²) in [5.41, 5.74) is 7.84. The number of hydrogen-bond acceptors (Lipinski definition) is 4. The minimum Gasteiger partial charge on any atom is -0.382 e. The van der Waals surface area contributed by atoms with Crippen LogP contribution in [0, 0.1) is 6.92 Å². The van der Waals surface area contributed by atoms with Crippen LogP contribution < -0.4 is 11.1 Å². The van der Waals surface area contributed by atoms with Gasteiger partial charge in [-0.05, 0) is 12.5 Å².